The van der Waals surface area contributed by atoms with E-state index in [1.807, 2.05) is 0 Å². The zero-order valence-corrected chi connectivity index (χ0v) is 11.3. The van der Waals surface area contributed by atoms with Crippen LogP contribution in [0, 0.1) is 0 Å². The Morgan fingerprint density at radius 2 is 2.26 bits per heavy atom. The molecule has 1 unspecified atom stereocenters. The summed E-state index contributed by atoms with van der Waals surface area (Å²) < 4.78 is 4.90. The van der Waals surface area contributed by atoms with E-state index in [2.05, 4.69) is 10.6 Å². The maximum Gasteiger partial charge on any atom is 0.307 e. The minimum absolute atomic E-state index is 0.150. The molecule has 2 N–H and O–H groups in total. The Balaban J connectivity index is 2.14. The molecule has 0 saturated carbocycles. The zero-order chi connectivity index (χ0) is 13.8. The van der Waals surface area contributed by atoms with Crippen LogP contribution < -0.4 is 10.6 Å². The van der Waals surface area contributed by atoms with Crippen molar-refractivity contribution in [1.82, 2.24) is 0 Å². The van der Waals surface area contributed by atoms with E-state index < -0.39 is 0 Å². The molecule has 2 rings (SSSR count). The summed E-state index contributed by atoms with van der Waals surface area (Å²) in [6.45, 7) is 2.09. The summed E-state index contributed by atoms with van der Waals surface area (Å²) in [4.78, 5) is 23.2. The zero-order valence-electron chi connectivity index (χ0n) is 10.5. The first-order valence-electron chi connectivity index (χ1n) is 6.10. The topological polar surface area (TPSA) is 67.4 Å². The van der Waals surface area contributed by atoms with Crippen LogP contribution >= 0.6 is 11.6 Å². The number of halogens is 1. The van der Waals surface area contributed by atoms with Gasteiger partial charge < -0.3 is 15.4 Å². The van der Waals surface area contributed by atoms with Gasteiger partial charge in [0.1, 0.15) is 0 Å². The first kappa shape index (κ1) is 13.7. The summed E-state index contributed by atoms with van der Waals surface area (Å²) in [7, 11) is 0. The maximum absolute atomic E-state index is 11.8. The lowest BCUT2D eigenvalue weighted by atomic mass is 10.1. The van der Waals surface area contributed by atoms with Crippen LogP contribution in [-0.4, -0.2) is 24.5 Å². The Morgan fingerprint density at radius 3 is 3.00 bits per heavy atom. The molecule has 1 aliphatic heterocycles. The summed E-state index contributed by atoms with van der Waals surface area (Å²) in [5, 5.41) is 6.47. The van der Waals surface area contributed by atoms with Gasteiger partial charge in [-0.05, 0) is 25.1 Å². The number of hydrogen-bond acceptors (Lipinski definition) is 4. The SMILES string of the molecule is CCOC(=O)CC1CC(=O)Nc2cc(Cl)ccc2N1. The van der Waals surface area contributed by atoms with E-state index in [1.54, 1.807) is 25.1 Å². The number of hydrogen-bond donors (Lipinski definition) is 2. The summed E-state index contributed by atoms with van der Waals surface area (Å²) in [6.07, 6.45) is 0.369. The van der Waals surface area contributed by atoms with Gasteiger partial charge in [0.2, 0.25) is 5.91 Å². The van der Waals surface area contributed by atoms with Gasteiger partial charge in [-0.25, -0.2) is 0 Å². The van der Waals surface area contributed by atoms with Gasteiger partial charge in [-0.1, -0.05) is 11.6 Å². The molecule has 1 heterocycles. The number of fused-ring (bicyclic) bond motifs is 1. The molecular weight excluding hydrogens is 268 g/mol. The van der Waals surface area contributed by atoms with Crippen molar-refractivity contribution in [3.63, 3.8) is 0 Å². The molecule has 102 valence electrons. The van der Waals surface area contributed by atoms with Crippen LogP contribution in [0.15, 0.2) is 18.2 Å². The predicted molar refractivity (Wildman–Crippen MR) is 73.4 cm³/mol. The molecule has 0 aromatic heterocycles. The van der Waals surface area contributed by atoms with Crippen LogP contribution in [0.3, 0.4) is 0 Å². The van der Waals surface area contributed by atoms with E-state index in [0.29, 0.717) is 17.3 Å². The molecule has 0 spiro atoms. The highest BCUT2D eigenvalue weighted by Crippen LogP contribution is 2.29. The number of esters is 1. The highest BCUT2D eigenvalue weighted by Gasteiger charge is 2.23. The van der Waals surface area contributed by atoms with Gasteiger partial charge in [0.15, 0.2) is 0 Å². The standard InChI is InChI=1S/C13H15ClN2O3/c1-2-19-13(18)7-9-6-12(17)16-11-5-8(14)3-4-10(11)15-9/h3-5,9,15H,2,6-7H2,1H3,(H,16,17). The number of carbonyl (C=O) groups excluding carboxylic acids is 2. The Morgan fingerprint density at radius 1 is 1.47 bits per heavy atom. The molecule has 1 aromatic rings. The Bertz CT molecular complexity index is 505. The van der Waals surface area contributed by atoms with E-state index in [0.717, 1.165) is 5.69 Å². The third kappa shape index (κ3) is 3.61. The molecule has 1 atom stereocenters. The average Bonchev–Trinajstić information content (AvgIpc) is 2.46. The molecule has 0 fully saturated rings. The van der Waals surface area contributed by atoms with Crippen molar-refractivity contribution in [3.8, 4) is 0 Å². The fraction of sp³-hybridized carbons (Fsp3) is 0.385. The summed E-state index contributed by atoms with van der Waals surface area (Å²) in [6, 6.07) is 4.91. The summed E-state index contributed by atoms with van der Waals surface area (Å²) >= 11 is 5.89. The molecule has 5 nitrogen and oxygen atoms in total. The Kier molecular flexibility index (Phi) is 4.27. The van der Waals surface area contributed by atoms with Crippen LogP contribution in [0.1, 0.15) is 19.8 Å². The largest absolute Gasteiger partial charge is 0.466 e. The second kappa shape index (κ2) is 5.93. The van der Waals surface area contributed by atoms with E-state index in [9.17, 15) is 9.59 Å². The van der Waals surface area contributed by atoms with Gasteiger partial charge in [0.25, 0.3) is 0 Å². The molecule has 0 radical (unpaired) electrons. The molecule has 19 heavy (non-hydrogen) atoms. The smallest absolute Gasteiger partial charge is 0.307 e. The number of ether oxygens (including phenoxy) is 1. The summed E-state index contributed by atoms with van der Waals surface area (Å²) in [5.74, 6) is -0.465. The van der Waals surface area contributed by atoms with Crippen LogP contribution in [0.5, 0.6) is 0 Å². The van der Waals surface area contributed by atoms with Crippen molar-refractivity contribution in [2.75, 3.05) is 17.2 Å². The maximum atomic E-state index is 11.8. The van der Waals surface area contributed by atoms with Crippen molar-refractivity contribution in [1.29, 1.82) is 0 Å². The van der Waals surface area contributed by atoms with Gasteiger partial charge in [0, 0.05) is 17.5 Å². The lowest BCUT2D eigenvalue weighted by Crippen LogP contribution is -2.26. The van der Waals surface area contributed by atoms with Gasteiger partial charge in [-0.3, -0.25) is 9.59 Å². The number of amides is 1. The molecule has 0 aliphatic carbocycles. The van der Waals surface area contributed by atoms with E-state index in [1.165, 1.54) is 0 Å². The third-order valence-corrected chi connectivity index (χ3v) is 3.00. The van der Waals surface area contributed by atoms with E-state index in [-0.39, 0.29) is 30.8 Å². The number of benzene rings is 1. The monoisotopic (exact) mass is 282 g/mol. The van der Waals surface area contributed by atoms with Crippen molar-refractivity contribution in [2.24, 2.45) is 0 Å². The average molecular weight is 283 g/mol. The molecule has 0 bridgehead atoms. The highest BCUT2D eigenvalue weighted by atomic mass is 35.5. The molecule has 1 aromatic carbocycles. The molecule has 0 saturated heterocycles. The molecule has 1 aliphatic rings. The first-order chi connectivity index (χ1) is 9.08. The van der Waals surface area contributed by atoms with Crippen LogP contribution in [0.2, 0.25) is 5.02 Å². The summed E-state index contributed by atoms with van der Waals surface area (Å²) in [5.41, 5.74) is 1.38. The molecule has 6 heteroatoms. The van der Waals surface area contributed by atoms with Crippen molar-refractivity contribution < 1.29 is 14.3 Å². The van der Waals surface area contributed by atoms with Crippen LogP contribution in [0.4, 0.5) is 11.4 Å². The van der Waals surface area contributed by atoms with E-state index >= 15 is 0 Å². The van der Waals surface area contributed by atoms with Crippen LogP contribution in [0.25, 0.3) is 0 Å². The number of rotatable bonds is 3. The van der Waals surface area contributed by atoms with Crippen LogP contribution in [-0.2, 0) is 14.3 Å². The predicted octanol–water partition coefficient (Wildman–Crippen LogP) is 2.42. The van der Waals surface area contributed by atoms with Gasteiger partial charge in [0.05, 0.1) is 24.4 Å². The highest BCUT2D eigenvalue weighted by molar-refractivity contribution is 6.31. The van der Waals surface area contributed by atoms with Crippen molar-refractivity contribution in [3.05, 3.63) is 23.2 Å². The van der Waals surface area contributed by atoms with Gasteiger partial charge in [-0.15, -0.1) is 0 Å². The number of nitrogens with one attached hydrogen (secondary N) is 2. The van der Waals surface area contributed by atoms with Gasteiger partial charge >= 0.3 is 5.97 Å². The van der Waals surface area contributed by atoms with Gasteiger partial charge in [-0.2, -0.15) is 0 Å². The fourth-order valence-electron chi connectivity index (χ4n) is 1.99. The first-order valence-corrected chi connectivity index (χ1v) is 6.48. The lowest BCUT2D eigenvalue weighted by Gasteiger charge is -2.15. The number of carbonyl (C=O) groups is 2. The quantitative estimate of drug-likeness (QED) is 0.836. The second-order valence-electron chi connectivity index (χ2n) is 4.29. The number of anilines is 2. The van der Waals surface area contributed by atoms with Crippen molar-refractivity contribution >= 4 is 34.9 Å². The Hall–Kier alpha value is -1.75. The lowest BCUT2D eigenvalue weighted by molar-refractivity contribution is -0.143. The normalized spacial score (nSPS) is 17.8. The van der Waals surface area contributed by atoms with Crippen molar-refractivity contribution in [2.45, 2.75) is 25.8 Å². The van der Waals surface area contributed by atoms with E-state index in [4.69, 9.17) is 16.3 Å². The fourth-order valence-corrected chi connectivity index (χ4v) is 2.16. The molecular formula is C13H15ClN2O3. The third-order valence-electron chi connectivity index (χ3n) is 2.77. The second-order valence-corrected chi connectivity index (χ2v) is 4.73. The Labute approximate surface area is 116 Å². The minimum atomic E-state index is -0.315. The molecule has 1 amide bonds. The minimum Gasteiger partial charge on any atom is -0.466 e.